The highest BCUT2D eigenvalue weighted by Crippen LogP contribution is 2.26. The molecule has 1 atom stereocenters. The molecular weight excluding hydrogens is 210 g/mol. The predicted octanol–water partition coefficient (Wildman–Crippen LogP) is 0.968. The molecule has 0 aliphatic rings. The summed E-state index contributed by atoms with van der Waals surface area (Å²) < 4.78 is 0. The topological polar surface area (TPSA) is 52.5 Å². The molecule has 0 fully saturated rings. The van der Waals surface area contributed by atoms with Gasteiger partial charge < -0.3 is 15.5 Å². The van der Waals surface area contributed by atoms with Crippen molar-refractivity contribution in [3.63, 3.8) is 0 Å². The largest absolute Gasteiger partial charge is 0.394 e. The Labute approximate surface area is 94.8 Å². The quantitative estimate of drug-likeness (QED) is 0.681. The SMILES string of the molecule is CC(C)(CNCC(O)CO)c1cccs1. The molecule has 0 spiro atoms. The molecule has 1 rings (SSSR count). The van der Waals surface area contributed by atoms with Gasteiger partial charge in [0, 0.05) is 23.4 Å². The van der Waals surface area contributed by atoms with Gasteiger partial charge in [0.05, 0.1) is 12.7 Å². The van der Waals surface area contributed by atoms with E-state index in [0.29, 0.717) is 6.54 Å². The van der Waals surface area contributed by atoms with E-state index in [1.807, 2.05) is 6.07 Å². The molecular formula is C11H19NO2S. The highest BCUT2D eigenvalue weighted by molar-refractivity contribution is 7.10. The third-order valence-corrected chi connectivity index (χ3v) is 3.58. The summed E-state index contributed by atoms with van der Waals surface area (Å²) in [5.41, 5.74) is 0.0728. The number of rotatable bonds is 6. The van der Waals surface area contributed by atoms with Crippen molar-refractivity contribution in [3.05, 3.63) is 22.4 Å². The lowest BCUT2D eigenvalue weighted by Crippen LogP contribution is -2.37. The van der Waals surface area contributed by atoms with Gasteiger partial charge >= 0.3 is 0 Å². The smallest absolute Gasteiger partial charge is 0.0894 e. The second kappa shape index (κ2) is 5.61. The fraction of sp³-hybridized carbons (Fsp3) is 0.636. The fourth-order valence-corrected chi connectivity index (χ4v) is 2.22. The Hall–Kier alpha value is -0.420. The van der Waals surface area contributed by atoms with Crippen LogP contribution in [0.25, 0.3) is 0 Å². The molecule has 0 aliphatic carbocycles. The third-order valence-electron chi connectivity index (χ3n) is 2.35. The van der Waals surface area contributed by atoms with E-state index in [1.54, 1.807) is 11.3 Å². The molecule has 0 amide bonds. The molecule has 15 heavy (non-hydrogen) atoms. The van der Waals surface area contributed by atoms with Crippen LogP contribution in [0.1, 0.15) is 18.7 Å². The van der Waals surface area contributed by atoms with Gasteiger partial charge in [-0.3, -0.25) is 0 Å². The minimum atomic E-state index is -0.663. The van der Waals surface area contributed by atoms with Crippen LogP contribution in [0, 0.1) is 0 Å². The van der Waals surface area contributed by atoms with Crippen molar-refractivity contribution in [2.24, 2.45) is 0 Å². The summed E-state index contributed by atoms with van der Waals surface area (Å²) in [6.07, 6.45) is -0.663. The Morgan fingerprint density at radius 2 is 2.27 bits per heavy atom. The zero-order chi connectivity index (χ0) is 11.3. The van der Waals surface area contributed by atoms with Crippen molar-refractivity contribution in [2.75, 3.05) is 19.7 Å². The minimum Gasteiger partial charge on any atom is -0.394 e. The average Bonchev–Trinajstić information content (AvgIpc) is 2.70. The van der Waals surface area contributed by atoms with Crippen molar-refractivity contribution in [3.8, 4) is 0 Å². The molecule has 1 heterocycles. The van der Waals surface area contributed by atoms with Gasteiger partial charge in [0.15, 0.2) is 0 Å². The lowest BCUT2D eigenvalue weighted by molar-refractivity contribution is 0.0935. The van der Waals surface area contributed by atoms with E-state index in [1.165, 1.54) is 4.88 Å². The molecule has 0 aromatic carbocycles. The third kappa shape index (κ3) is 3.91. The van der Waals surface area contributed by atoms with E-state index in [-0.39, 0.29) is 12.0 Å². The summed E-state index contributed by atoms with van der Waals surface area (Å²) in [5, 5.41) is 23.1. The number of aliphatic hydroxyl groups is 2. The first-order chi connectivity index (χ1) is 7.06. The maximum atomic E-state index is 9.18. The van der Waals surface area contributed by atoms with Crippen LogP contribution in [0.15, 0.2) is 17.5 Å². The van der Waals surface area contributed by atoms with Crippen molar-refractivity contribution in [1.29, 1.82) is 0 Å². The van der Waals surface area contributed by atoms with E-state index in [2.05, 4.69) is 30.6 Å². The minimum absolute atomic E-state index is 0.0728. The highest BCUT2D eigenvalue weighted by Gasteiger charge is 2.21. The Kier molecular flexibility index (Phi) is 4.73. The summed E-state index contributed by atoms with van der Waals surface area (Å²) in [4.78, 5) is 1.33. The normalized spacial score (nSPS) is 14.1. The van der Waals surface area contributed by atoms with Gasteiger partial charge in [0.2, 0.25) is 0 Å². The zero-order valence-electron chi connectivity index (χ0n) is 9.23. The average molecular weight is 229 g/mol. The van der Waals surface area contributed by atoms with Crippen LogP contribution in [-0.4, -0.2) is 36.0 Å². The van der Waals surface area contributed by atoms with Gasteiger partial charge in [-0.05, 0) is 11.4 Å². The Bertz CT molecular complexity index is 272. The molecule has 0 saturated carbocycles. The maximum Gasteiger partial charge on any atom is 0.0894 e. The molecule has 3 N–H and O–H groups in total. The van der Waals surface area contributed by atoms with Crippen LogP contribution in [0.4, 0.5) is 0 Å². The number of aliphatic hydroxyl groups excluding tert-OH is 2. The van der Waals surface area contributed by atoms with Crippen molar-refractivity contribution in [1.82, 2.24) is 5.32 Å². The summed E-state index contributed by atoms with van der Waals surface area (Å²) in [6.45, 7) is 5.37. The molecule has 0 aliphatic heterocycles. The van der Waals surface area contributed by atoms with Crippen LogP contribution in [0.2, 0.25) is 0 Å². The van der Waals surface area contributed by atoms with Crippen molar-refractivity contribution < 1.29 is 10.2 Å². The van der Waals surface area contributed by atoms with Gasteiger partial charge in [-0.1, -0.05) is 19.9 Å². The molecule has 0 radical (unpaired) electrons. The fourth-order valence-electron chi connectivity index (χ4n) is 1.37. The standard InChI is InChI=1S/C11H19NO2S/c1-11(2,10-4-3-5-15-10)8-12-6-9(14)7-13/h3-5,9,12-14H,6-8H2,1-2H3. The molecule has 0 saturated heterocycles. The highest BCUT2D eigenvalue weighted by atomic mass is 32.1. The monoisotopic (exact) mass is 229 g/mol. The molecule has 1 unspecified atom stereocenters. The van der Waals surface area contributed by atoms with Gasteiger partial charge in [0.1, 0.15) is 0 Å². The van der Waals surface area contributed by atoms with E-state index in [4.69, 9.17) is 5.11 Å². The molecule has 4 heteroatoms. The van der Waals surface area contributed by atoms with E-state index in [0.717, 1.165) is 6.54 Å². The van der Waals surface area contributed by atoms with Crippen LogP contribution in [0.3, 0.4) is 0 Å². The molecule has 1 aromatic rings. The van der Waals surface area contributed by atoms with E-state index >= 15 is 0 Å². The first kappa shape index (κ1) is 12.6. The number of thiophene rings is 1. The van der Waals surface area contributed by atoms with E-state index in [9.17, 15) is 5.11 Å². The van der Waals surface area contributed by atoms with Crippen molar-refractivity contribution in [2.45, 2.75) is 25.4 Å². The summed E-state index contributed by atoms with van der Waals surface area (Å²) in [6, 6.07) is 4.17. The zero-order valence-corrected chi connectivity index (χ0v) is 10.0. The first-order valence-electron chi connectivity index (χ1n) is 5.10. The second-order valence-corrected chi connectivity index (χ2v) is 5.28. The molecule has 0 bridgehead atoms. The lowest BCUT2D eigenvalue weighted by Gasteiger charge is -2.24. The lowest BCUT2D eigenvalue weighted by atomic mass is 9.91. The Morgan fingerprint density at radius 3 is 2.80 bits per heavy atom. The number of hydrogen-bond donors (Lipinski definition) is 3. The summed E-state index contributed by atoms with van der Waals surface area (Å²) in [5.74, 6) is 0. The van der Waals surface area contributed by atoms with Gasteiger partial charge in [-0.15, -0.1) is 11.3 Å². The molecule has 86 valence electrons. The van der Waals surface area contributed by atoms with Crippen LogP contribution in [-0.2, 0) is 5.41 Å². The number of hydrogen-bond acceptors (Lipinski definition) is 4. The maximum absolute atomic E-state index is 9.18. The second-order valence-electron chi connectivity index (χ2n) is 4.33. The molecule has 1 aromatic heterocycles. The van der Waals surface area contributed by atoms with Gasteiger partial charge in [-0.25, -0.2) is 0 Å². The van der Waals surface area contributed by atoms with Gasteiger partial charge in [0.25, 0.3) is 0 Å². The Morgan fingerprint density at radius 1 is 1.53 bits per heavy atom. The van der Waals surface area contributed by atoms with Crippen LogP contribution < -0.4 is 5.32 Å². The Balaban J connectivity index is 2.37. The van der Waals surface area contributed by atoms with Crippen LogP contribution >= 0.6 is 11.3 Å². The number of nitrogens with one attached hydrogen (secondary N) is 1. The summed E-state index contributed by atoms with van der Waals surface area (Å²) in [7, 11) is 0. The predicted molar refractivity (Wildman–Crippen MR) is 63.3 cm³/mol. The first-order valence-corrected chi connectivity index (χ1v) is 5.98. The summed E-state index contributed by atoms with van der Waals surface area (Å²) >= 11 is 1.74. The van der Waals surface area contributed by atoms with Crippen molar-refractivity contribution >= 4 is 11.3 Å². The molecule has 3 nitrogen and oxygen atoms in total. The van der Waals surface area contributed by atoms with Gasteiger partial charge in [-0.2, -0.15) is 0 Å². The van der Waals surface area contributed by atoms with E-state index < -0.39 is 6.10 Å². The van der Waals surface area contributed by atoms with Crippen LogP contribution in [0.5, 0.6) is 0 Å².